The summed E-state index contributed by atoms with van der Waals surface area (Å²) in [4.78, 5) is 12.8. The third kappa shape index (κ3) is 1.30. The summed E-state index contributed by atoms with van der Waals surface area (Å²) in [5.41, 5.74) is -0.458. The molecule has 2 amide bonds. The van der Waals surface area contributed by atoms with Crippen molar-refractivity contribution in [3.8, 4) is 12.3 Å². The zero-order valence-corrected chi connectivity index (χ0v) is 6.85. The Morgan fingerprint density at radius 1 is 1.73 bits per heavy atom. The van der Waals surface area contributed by atoms with Gasteiger partial charge in [-0.2, -0.15) is 0 Å². The molecule has 0 aromatic rings. The Bertz CT molecular complexity index is 215. The predicted molar refractivity (Wildman–Crippen MR) is 43.0 cm³/mol. The molecule has 0 spiro atoms. The van der Waals surface area contributed by atoms with E-state index >= 15 is 0 Å². The Morgan fingerprint density at radius 2 is 2.36 bits per heavy atom. The van der Waals surface area contributed by atoms with Gasteiger partial charge in [0, 0.05) is 13.1 Å². The van der Waals surface area contributed by atoms with Gasteiger partial charge in [-0.25, -0.2) is 4.79 Å². The minimum atomic E-state index is -0.458. The molecule has 1 fully saturated rings. The van der Waals surface area contributed by atoms with Crippen molar-refractivity contribution >= 4 is 6.03 Å². The molecule has 1 aliphatic heterocycles. The lowest BCUT2D eigenvalue weighted by atomic mass is 10.1. The van der Waals surface area contributed by atoms with E-state index in [1.165, 1.54) is 0 Å². The number of carbonyl (C=O) groups excluding carboxylic acids is 1. The smallest absolute Gasteiger partial charge is 0.318 e. The Labute approximate surface area is 66.8 Å². The van der Waals surface area contributed by atoms with Crippen molar-refractivity contribution < 1.29 is 4.79 Å². The van der Waals surface area contributed by atoms with Gasteiger partial charge in [0.2, 0.25) is 0 Å². The third-order valence-corrected chi connectivity index (χ3v) is 1.88. The molecule has 1 rings (SSSR count). The average molecular weight is 152 g/mol. The first kappa shape index (κ1) is 7.93. The van der Waals surface area contributed by atoms with Gasteiger partial charge < -0.3 is 10.2 Å². The Hall–Kier alpha value is -1.17. The Balaban J connectivity index is 2.76. The number of urea groups is 1. The maximum Gasteiger partial charge on any atom is 0.318 e. The summed E-state index contributed by atoms with van der Waals surface area (Å²) in [7, 11) is 0. The van der Waals surface area contributed by atoms with E-state index in [9.17, 15) is 4.79 Å². The summed E-state index contributed by atoms with van der Waals surface area (Å²) in [6.07, 6.45) is 5.28. The Kier molecular flexibility index (Phi) is 1.77. The molecule has 0 aliphatic carbocycles. The molecule has 0 unspecified atom stereocenters. The second-order valence-electron chi connectivity index (χ2n) is 3.09. The summed E-state index contributed by atoms with van der Waals surface area (Å²) in [6.45, 7) is 5.12. The number of nitrogens with zero attached hydrogens (tertiary/aromatic N) is 1. The molecule has 1 aliphatic rings. The molecule has 0 aromatic heterocycles. The quantitative estimate of drug-likeness (QED) is 0.543. The molecule has 0 bridgehead atoms. The van der Waals surface area contributed by atoms with Gasteiger partial charge in [0.1, 0.15) is 0 Å². The molecule has 0 atom stereocenters. The van der Waals surface area contributed by atoms with Gasteiger partial charge in [0.15, 0.2) is 0 Å². The summed E-state index contributed by atoms with van der Waals surface area (Å²) < 4.78 is 0. The summed E-state index contributed by atoms with van der Waals surface area (Å²) in [5, 5.41) is 2.70. The van der Waals surface area contributed by atoms with Crippen molar-refractivity contribution in [1.29, 1.82) is 0 Å². The van der Waals surface area contributed by atoms with Crippen LogP contribution in [0.4, 0.5) is 4.79 Å². The van der Waals surface area contributed by atoms with Gasteiger partial charge in [0.05, 0.1) is 5.54 Å². The number of nitrogens with one attached hydrogen (secondary N) is 1. The first-order chi connectivity index (χ1) is 5.08. The predicted octanol–water partition coefficient (Wildman–Crippen LogP) is 0.423. The molecule has 1 saturated heterocycles. The third-order valence-electron chi connectivity index (χ3n) is 1.88. The Morgan fingerprint density at radius 3 is 2.73 bits per heavy atom. The van der Waals surface area contributed by atoms with Gasteiger partial charge in [0.25, 0.3) is 0 Å². The molecule has 3 heteroatoms. The van der Waals surface area contributed by atoms with E-state index in [0.29, 0.717) is 13.1 Å². The second kappa shape index (κ2) is 2.46. The van der Waals surface area contributed by atoms with E-state index < -0.39 is 5.54 Å². The van der Waals surface area contributed by atoms with Gasteiger partial charge in [-0.05, 0) is 13.8 Å². The van der Waals surface area contributed by atoms with Gasteiger partial charge in [-0.1, -0.05) is 5.92 Å². The largest absolute Gasteiger partial charge is 0.336 e. The molecule has 1 N–H and O–H groups in total. The standard InChI is InChI=1S/C8H12N2O/c1-4-8(2,3)10-6-5-9-7(10)11/h1H,5-6H2,2-3H3,(H,9,11). The van der Waals surface area contributed by atoms with Crippen LogP contribution in [-0.4, -0.2) is 29.6 Å². The number of hydrogen-bond acceptors (Lipinski definition) is 1. The summed E-state index contributed by atoms with van der Waals surface area (Å²) in [5.74, 6) is 2.58. The van der Waals surface area contributed by atoms with Gasteiger partial charge in [-0.15, -0.1) is 6.42 Å². The lowest BCUT2D eigenvalue weighted by Gasteiger charge is -2.28. The SMILES string of the molecule is C#CC(C)(C)N1CCNC1=O. The number of carbonyl (C=O) groups is 1. The lowest BCUT2D eigenvalue weighted by molar-refractivity contribution is 0.188. The minimum Gasteiger partial charge on any atom is -0.336 e. The van der Waals surface area contributed by atoms with Crippen LogP contribution in [0.5, 0.6) is 0 Å². The van der Waals surface area contributed by atoms with Crippen molar-refractivity contribution in [3.63, 3.8) is 0 Å². The minimum absolute atomic E-state index is 0.0621. The van der Waals surface area contributed by atoms with Crippen molar-refractivity contribution in [1.82, 2.24) is 10.2 Å². The van der Waals surface area contributed by atoms with Crippen LogP contribution >= 0.6 is 0 Å². The van der Waals surface area contributed by atoms with Gasteiger partial charge in [-0.3, -0.25) is 0 Å². The van der Waals surface area contributed by atoms with E-state index in [-0.39, 0.29) is 6.03 Å². The summed E-state index contributed by atoms with van der Waals surface area (Å²) in [6, 6.07) is -0.0621. The second-order valence-corrected chi connectivity index (χ2v) is 3.09. The average Bonchev–Trinajstić information content (AvgIpc) is 2.36. The van der Waals surface area contributed by atoms with Crippen molar-refractivity contribution in [2.45, 2.75) is 19.4 Å². The first-order valence-corrected chi connectivity index (χ1v) is 3.61. The van der Waals surface area contributed by atoms with E-state index in [1.54, 1.807) is 4.90 Å². The lowest BCUT2D eigenvalue weighted by Crippen LogP contribution is -2.44. The van der Waals surface area contributed by atoms with Gasteiger partial charge >= 0.3 is 6.03 Å². The van der Waals surface area contributed by atoms with Crippen LogP contribution in [-0.2, 0) is 0 Å². The summed E-state index contributed by atoms with van der Waals surface area (Å²) >= 11 is 0. The van der Waals surface area contributed by atoms with Crippen molar-refractivity contribution in [2.75, 3.05) is 13.1 Å². The number of terminal acetylenes is 1. The normalized spacial score (nSPS) is 17.9. The fourth-order valence-corrected chi connectivity index (χ4v) is 1.08. The molecule has 60 valence electrons. The van der Waals surface area contributed by atoms with E-state index in [0.717, 1.165) is 0 Å². The molecule has 11 heavy (non-hydrogen) atoms. The highest BCUT2D eigenvalue weighted by Crippen LogP contribution is 2.14. The van der Waals surface area contributed by atoms with Crippen molar-refractivity contribution in [3.05, 3.63) is 0 Å². The maximum absolute atomic E-state index is 11.1. The zero-order valence-electron chi connectivity index (χ0n) is 6.85. The van der Waals surface area contributed by atoms with E-state index in [2.05, 4.69) is 11.2 Å². The topological polar surface area (TPSA) is 32.3 Å². The molecule has 0 saturated carbocycles. The fourth-order valence-electron chi connectivity index (χ4n) is 1.08. The molecule has 0 radical (unpaired) electrons. The molecular formula is C8H12N2O. The first-order valence-electron chi connectivity index (χ1n) is 3.61. The van der Waals surface area contributed by atoms with E-state index in [1.807, 2.05) is 13.8 Å². The van der Waals surface area contributed by atoms with E-state index in [4.69, 9.17) is 6.42 Å². The fraction of sp³-hybridized carbons (Fsp3) is 0.625. The number of rotatable bonds is 1. The maximum atomic E-state index is 11.1. The molecule has 0 aromatic carbocycles. The highest BCUT2D eigenvalue weighted by Gasteiger charge is 2.31. The van der Waals surface area contributed by atoms with Crippen LogP contribution in [0, 0.1) is 12.3 Å². The highest BCUT2D eigenvalue weighted by molar-refractivity contribution is 5.77. The van der Waals surface area contributed by atoms with Crippen LogP contribution in [0.25, 0.3) is 0 Å². The number of amides is 2. The molecular weight excluding hydrogens is 140 g/mol. The highest BCUT2D eigenvalue weighted by atomic mass is 16.2. The monoisotopic (exact) mass is 152 g/mol. The van der Waals surface area contributed by atoms with Crippen LogP contribution < -0.4 is 5.32 Å². The zero-order chi connectivity index (χ0) is 8.48. The van der Waals surface area contributed by atoms with Crippen LogP contribution in [0.15, 0.2) is 0 Å². The molecule has 1 heterocycles. The van der Waals surface area contributed by atoms with Crippen LogP contribution in [0.2, 0.25) is 0 Å². The number of hydrogen-bond donors (Lipinski definition) is 1. The molecule has 3 nitrogen and oxygen atoms in total. The van der Waals surface area contributed by atoms with Crippen molar-refractivity contribution in [2.24, 2.45) is 0 Å². The van der Waals surface area contributed by atoms with Crippen LogP contribution in [0.1, 0.15) is 13.8 Å². The van der Waals surface area contributed by atoms with Crippen LogP contribution in [0.3, 0.4) is 0 Å².